The van der Waals surface area contributed by atoms with E-state index in [1.54, 1.807) is 13.8 Å². The maximum Gasteiger partial charge on any atom is 0.344 e. The fourth-order valence-corrected chi connectivity index (χ4v) is 5.02. The molecule has 1 aromatic carbocycles. The molecule has 0 unspecified atom stereocenters. The molecule has 0 radical (unpaired) electrons. The van der Waals surface area contributed by atoms with Gasteiger partial charge in [-0.15, -0.1) is 0 Å². The molecule has 2 aliphatic rings. The Morgan fingerprint density at radius 3 is 2.34 bits per heavy atom. The minimum atomic E-state index is -3.76. The second-order valence-electron chi connectivity index (χ2n) is 7.86. The zero-order valence-corrected chi connectivity index (χ0v) is 17.9. The third kappa shape index (κ3) is 3.62. The van der Waals surface area contributed by atoms with Gasteiger partial charge in [-0.05, 0) is 49.9 Å². The molecule has 0 bridgehead atoms. The Bertz CT molecular complexity index is 981. The van der Waals surface area contributed by atoms with Gasteiger partial charge in [0.25, 0.3) is 11.8 Å². The first-order valence-corrected chi connectivity index (χ1v) is 10.9. The molecule has 1 aromatic rings. The van der Waals surface area contributed by atoms with Gasteiger partial charge in [-0.2, -0.15) is 5.01 Å². The number of benzene rings is 1. The number of hydrazine groups is 1. The van der Waals surface area contributed by atoms with E-state index in [1.165, 1.54) is 26.2 Å². The smallest absolute Gasteiger partial charge is 0.322 e. The molecule has 29 heavy (non-hydrogen) atoms. The first kappa shape index (κ1) is 21.3. The van der Waals surface area contributed by atoms with Gasteiger partial charge in [-0.1, -0.05) is 19.3 Å². The summed E-state index contributed by atoms with van der Waals surface area (Å²) in [4.78, 5) is 37.9. The van der Waals surface area contributed by atoms with Crippen molar-refractivity contribution in [3.63, 3.8) is 0 Å². The first-order chi connectivity index (χ1) is 13.5. The number of nitrogens with zero attached hydrogens (tertiary/aromatic N) is 2. The third-order valence-corrected chi connectivity index (χ3v) is 7.66. The first-order valence-electron chi connectivity index (χ1n) is 9.51. The van der Waals surface area contributed by atoms with Crippen LogP contribution in [-0.2, 0) is 14.8 Å². The lowest BCUT2D eigenvalue weighted by Gasteiger charge is -2.30. The van der Waals surface area contributed by atoms with Crippen molar-refractivity contribution >= 4 is 27.9 Å². The number of carbonyl (C=O) groups is 3. The van der Waals surface area contributed by atoms with Crippen LogP contribution in [-0.4, -0.2) is 55.2 Å². The summed E-state index contributed by atoms with van der Waals surface area (Å²) >= 11 is 0. The number of urea groups is 1. The molecule has 1 saturated heterocycles. The van der Waals surface area contributed by atoms with E-state index in [0.717, 1.165) is 23.6 Å². The van der Waals surface area contributed by atoms with E-state index < -0.39 is 33.4 Å². The highest BCUT2D eigenvalue weighted by Gasteiger charge is 2.52. The molecule has 9 nitrogen and oxygen atoms in total. The molecular weight excluding hydrogens is 396 g/mol. The van der Waals surface area contributed by atoms with Crippen LogP contribution in [0.5, 0.6) is 0 Å². The lowest BCUT2D eigenvalue weighted by molar-refractivity contribution is -0.134. The van der Waals surface area contributed by atoms with E-state index in [9.17, 15) is 22.8 Å². The zero-order valence-electron chi connectivity index (χ0n) is 17.0. The number of carbonyl (C=O) groups excluding carboxylic acids is 3. The van der Waals surface area contributed by atoms with Crippen LogP contribution in [0, 0.1) is 13.8 Å². The quantitative estimate of drug-likeness (QED) is 0.713. The Balaban J connectivity index is 1.89. The van der Waals surface area contributed by atoms with Crippen molar-refractivity contribution in [2.24, 2.45) is 0 Å². The molecule has 2 fully saturated rings. The lowest BCUT2D eigenvalue weighted by Crippen LogP contribution is -2.51. The Kier molecular flexibility index (Phi) is 5.44. The molecule has 1 saturated carbocycles. The number of sulfonamides is 1. The molecule has 1 heterocycles. The number of nitrogens with one attached hydrogen (secondary N) is 2. The van der Waals surface area contributed by atoms with Crippen molar-refractivity contribution in [2.45, 2.75) is 56.4 Å². The van der Waals surface area contributed by atoms with Crippen LogP contribution in [0.15, 0.2) is 17.0 Å². The highest BCUT2D eigenvalue weighted by atomic mass is 32.2. The summed E-state index contributed by atoms with van der Waals surface area (Å²) in [6.07, 6.45) is 3.74. The van der Waals surface area contributed by atoms with Crippen molar-refractivity contribution in [1.29, 1.82) is 0 Å². The van der Waals surface area contributed by atoms with E-state index in [4.69, 9.17) is 0 Å². The summed E-state index contributed by atoms with van der Waals surface area (Å²) in [6.45, 7) is 3.36. The second-order valence-corrected chi connectivity index (χ2v) is 9.98. The third-order valence-electron chi connectivity index (χ3n) is 5.72. The SMILES string of the molecule is Cc1cc(C(=O)NN2C(=O)NC3(CCCCC3)C2=O)cc(S(=O)(=O)N(C)C)c1C. The van der Waals surface area contributed by atoms with Gasteiger partial charge >= 0.3 is 6.03 Å². The number of amides is 4. The van der Waals surface area contributed by atoms with Crippen LogP contribution < -0.4 is 10.7 Å². The van der Waals surface area contributed by atoms with Gasteiger partial charge in [0.1, 0.15) is 5.54 Å². The highest BCUT2D eigenvalue weighted by molar-refractivity contribution is 7.89. The van der Waals surface area contributed by atoms with E-state index in [1.807, 2.05) is 0 Å². The molecule has 10 heteroatoms. The molecule has 2 N–H and O–H groups in total. The molecule has 1 spiro atoms. The Hall–Kier alpha value is -2.46. The molecular formula is C19H26N4O5S. The largest absolute Gasteiger partial charge is 0.344 e. The minimum Gasteiger partial charge on any atom is -0.322 e. The van der Waals surface area contributed by atoms with Crippen molar-refractivity contribution in [2.75, 3.05) is 14.1 Å². The van der Waals surface area contributed by atoms with Crippen LogP contribution in [0.1, 0.15) is 53.6 Å². The molecule has 1 aliphatic heterocycles. The number of rotatable bonds is 4. The number of aryl methyl sites for hydroxylation is 1. The molecule has 1 aliphatic carbocycles. The molecule has 158 valence electrons. The molecule has 4 amide bonds. The molecule has 0 aromatic heterocycles. The predicted octanol–water partition coefficient (Wildman–Crippen LogP) is 1.45. The van der Waals surface area contributed by atoms with Gasteiger partial charge in [0.15, 0.2) is 0 Å². The number of hydrogen-bond acceptors (Lipinski definition) is 5. The summed E-state index contributed by atoms with van der Waals surface area (Å²) in [5.74, 6) is -1.19. The lowest BCUT2D eigenvalue weighted by atomic mass is 9.82. The van der Waals surface area contributed by atoms with Crippen LogP contribution >= 0.6 is 0 Å². The van der Waals surface area contributed by atoms with Gasteiger partial charge in [0.05, 0.1) is 4.90 Å². The Morgan fingerprint density at radius 1 is 1.14 bits per heavy atom. The summed E-state index contributed by atoms with van der Waals surface area (Å²) in [5.41, 5.74) is 2.59. The monoisotopic (exact) mass is 422 g/mol. The van der Waals surface area contributed by atoms with Crippen molar-refractivity contribution in [3.05, 3.63) is 28.8 Å². The van der Waals surface area contributed by atoms with Crippen LogP contribution in [0.25, 0.3) is 0 Å². The normalized spacial score (nSPS) is 19.0. The van der Waals surface area contributed by atoms with E-state index in [-0.39, 0.29) is 10.5 Å². The predicted molar refractivity (Wildman–Crippen MR) is 105 cm³/mol. The van der Waals surface area contributed by atoms with Gasteiger partial charge in [0, 0.05) is 19.7 Å². The Labute approximate surface area is 170 Å². The fraction of sp³-hybridized carbons (Fsp3) is 0.526. The van der Waals surface area contributed by atoms with Gasteiger partial charge in [-0.3, -0.25) is 15.0 Å². The van der Waals surface area contributed by atoms with Gasteiger partial charge in [0.2, 0.25) is 10.0 Å². The maximum absolute atomic E-state index is 12.8. The Morgan fingerprint density at radius 2 is 1.76 bits per heavy atom. The van der Waals surface area contributed by atoms with Gasteiger partial charge < -0.3 is 5.32 Å². The van der Waals surface area contributed by atoms with Crippen LogP contribution in [0.2, 0.25) is 0 Å². The second kappa shape index (κ2) is 7.42. The van der Waals surface area contributed by atoms with E-state index in [0.29, 0.717) is 29.0 Å². The maximum atomic E-state index is 12.8. The summed E-state index contributed by atoms with van der Waals surface area (Å²) in [6, 6.07) is 2.13. The average Bonchev–Trinajstić information content (AvgIpc) is 2.88. The molecule has 3 rings (SSSR count). The summed E-state index contributed by atoms with van der Waals surface area (Å²) < 4.78 is 26.3. The van der Waals surface area contributed by atoms with Crippen molar-refractivity contribution in [1.82, 2.24) is 20.1 Å². The minimum absolute atomic E-state index is 0.00796. The van der Waals surface area contributed by atoms with Crippen molar-refractivity contribution < 1.29 is 22.8 Å². The number of imide groups is 1. The highest BCUT2D eigenvalue weighted by Crippen LogP contribution is 2.33. The van der Waals surface area contributed by atoms with Crippen LogP contribution in [0.3, 0.4) is 0 Å². The van der Waals surface area contributed by atoms with E-state index in [2.05, 4.69) is 10.7 Å². The zero-order chi connectivity index (χ0) is 21.6. The topological polar surface area (TPSA) is 116 Å². The van der Waals surface area contributed by atoms with Crippen LogP contribution in [0.4, 0.5) is 4.79 Å². The number of hydrogen-bond donors (Lipinski definition) is 2. The van der Waals surface area contributed by atoms with Gasteiger partial charge in [-0.25, -0.2) is 17.5 Å². The molecule has 0 atom stereocenters. The van der Waals surface area contributed by atoms with Crippen molar-refractivity contribution in [3.8, 4) is 0 Å². The fourth-order valence-electron chi connectivity index (χ4n) is 3.80. The summed E-state index contributed by atoms with van der Waals surface area (Å²) in [5, 5.41) is 3.43. The summed E-state index contributed by atoms with van der Waals surface area (Å²) in [7, 11) is -0.943. The average molecular weight is 423 g/mol. The van der Waals surface area contributed by atoms with E-state index >= 15 is 0 Å². The standard InChI is InChI=1S/C19H26N4O5S/c1-12-10-14(11-15(13(12)2)29(27,28)22(3)4)16(24)21-23-17(25)19(20-18(23)26)8-6-5-7-9-19/h10-11H,5-9H2,1-4H3,(H,20,26)(H,21,24).